The monoisotopic (exact) mass is 426 g/mol. The van der Waals surface area contributed by atoms with Crippen molar-refractivity contribution in [3.63, 3.8) is 0 Å². The first-order valence-electron chi connectivity index (χ1n) is 9.92. The highest BCUT2D eigenvalue weighted by Crippen LogP contribution is 2.41. The second kappa shape index (κ2) is 8.77. The molecule has 31 heavy (non-hydrogen) atoms. The van der Waals surface area contributed by atoms with Gasteiger partial charge in [0.15, 0.2) is 0 Å². The summed E-state index contributed by atoms with van der Waals surface area (Å²) in [5.41, 5.74) is 1.19. The quantitative estimate of drug-likeness (QED) is 0.648. The third-order valence-electron chi connectivity index (χ3n) is 5.11. The number of pyridine rings is 1. The average molecular weight is 426 g/mol. The maximum absolute atomic E-state index is 13.7. The third kappa shape index (κ3) is 4.69. The molecule has 1 aliphatic heterocycles. The highest BCUT2D eigenvalue weighted by molar-refractivity contribution is 6.06. The highest BCUT2D eigenvalue weighted by atomic mass is 19.4. The predicted octanol–water partition coefficient (Wildman–Crippen LogP) is 4.43. The Hall–Kier alpha value is -3.39. The third-order valence-corrected chi connectivity index (χ3v) is 5.11. The van der Waals surface area contributed by atoms with E-state index in [-0.39, 0.29) is 11.4 Å². The molecule has 1 amide bonds. The van der Waals surface area contributed by atoms with Gasteiger partial charge >= 0.3 is 6.18 Å². The van der Waals surface area contributed by atoms with Crippen molar-refractivity contribution in [3.8, 4) is 11.3 Å². The molecule has 0 atom stereocenters. The molecule has 4 rings (SSSR count). The standard InChI is InChI=1S/C23H21F3N4O/c24-23(25,26)18-7-4-9-20(21(18)30-13-11-27-12-14-30)29-22(31)17-6-3-5-16(15-17)19-8-1-2-10-28-19/h1-10,15,27H,11-14H2,(H,29,31). The van der Waals surface area contributed by atoms with Crippen LogP contribution in [-0.2, 0) is 6.18 Å². The number of piperazine rings is 1. The number of nitrogens with zero attached hydrogens (tertiary/aromatic N) is 2. The topological polar surface area (TPSA) is 57.3 Å². The molecule has 3 aromatic rings. The van der Waals surface area contributed by atoms with E-state index in [1.807, 2.05) is 18.2 Å². The van der Waals surface area contributed by atoms with Crippen LogP contribution in [0, 0.1) is 0 Å². The van der Waals surface area contributed by atoms with Gasteiger partial charge in [-0.1, -0.05) is 24.3 Å². The maximum Gasteiger partial charge on any atom is 0.418 e. The van der Waals surface area contributed by atoms with Crippen LogP contribution in [0.1, 0.15) is 15.9 Å². The Labute approximate surface area is 177 Å². The Bertz CT molecular complexity index is 1060. The molecule has 160 valence electrons. The van der Waals surface area contributed by atoms with Crippen LogP contribution in [-0.4, -0.2) is 37.1 Å². The number of hydrogen-bond donors (Lipinski definition) is 2. The van der Waals surface area contributed by atoms with Crippen molar-refractivity contribution in [1.29, 1.82) is 0 Å². The van der Waals surface area contributed by atoms with Crippen LogP contribution >= 0.6 is 0 Å². The normalized spacial score (nSPS) is 14.4. The first kappa shape index (κ1) is 20.9. The van der Waals surface area contributed by atoms with Gasteiger partial charge in [0.05, 0.1) is 22.6 Å². The molecule has 0 saturated carbocycles. The molecule has 2 aromatic carbocycles. The molecule has 0 aliphatic carbocycles. The zero-order valence-corrected chi connectivity index (χ0v) is 16.6. The van der Waals surface area contributed by atoms with Gasteiger partial charge in [-0.2, -0.15) is 13.2 Å². The van der Waals surface area contributed by atoms with Crippen molar-refractivity contribution in [1.82, 2.24) is 10.3 Å². The number of halogens is 3. The summed E-state index contributed by atoms with van der Waals surface area (Å²) in [6, 6.07) is 16.2. The number of benzene rings is 2. The van der Waals surface area contributed by atoms with Crippen LogP contribution in [0.4, 0.5) is 24.5 Å². The van der Waals surface area contributed by atoms with E-state index in [1.54, 1.807) is 35.4 Å². The summed E-state index contributed by atoms with van der Waals surface area (Å²) in [5.74, 6) is -0.478. The number of carbonyl (C=O) groups is 1. The zero-order valence-electron chi connectivity index (χ0n) is 16.6. The van der Waals surface area contributed by atoms with Crippen molar-refractivity contribution in [2.45, 2.75) is 6.18 Å². The Morgan fingerprint density at radius 1 is 1.00 bits per heavy atom. The zero-order chi connectivity index (χ0) is 21.8. The van der Waals surface area contributed by atoms with Gasteiger partial charge in [-0.3, -0.25) is 9.78 Å². The van der Waals surface area contributed by atoms with Crippen LogP contribution in [0.15, 0.2) is 66.9 Å². The average Bonchev–Trinajstić information content (AvgIpc) is 2.79. The van der Waals surface area contributed by atoms with Gasteiger partial charge in [-0.15, -0.1) is 0 Å². The number of amides is 1. The molecule has 1 aromatic heterocycles. The van der Waals surface area contributed by atoms with Crippen molar-refractivity contribution in [2.24, 2.45) is 0 Å². The van der Waals surface area contributed by atoms with E-state index in [2.05, 4.69) is 15.6 Å². The number of aromatic nitrogens is 1. The number of anilines is 2. The summed E-state index contributed by atoms with van der Waals surface area (Å²) >= 11 is 0. The van der Waals surface area contributed by atoms with E-state index in [4.69, 9.17) is 0 Å². The number of hydrogen-bond acceptors (Lipinski definition) is 4. The van der Waals surface area contributed by atoms with Gasteiger partial charge in [0, 0.05) is 43.5 Å². The summed E-state index contributed by atoms with van der Waals surface area (Å²) in [6.45, 7) is 1.99. The van der Waals surface area contributed by atoms with Crippen LogP contribution in [0.3, 0.4) is 0 Å². The second-order valence-electron chi connectivity index (χ2n) is 7.19. The molecule has 1 aliphatic rings. The smallest absolute Gasteiger partial charge is 0.367 e. The highest BCUT2D eigenvalue weighted by Gasteiger charge is 2.36. The lowest BCUT2D eigenvalue weighted by atomic mass is 10.1. The molecule has 0 radical (unpaired) electrons. The van der Waals surface area contributed by atoms with Gasteiger partial charge in [0.2, 0.25) is 0 Å². The first-order chi connectivity index (χ1) is 14.9. The van der Waals surface area contributed by atoms with Crippen molar-refractivity contribution in [3.05, 3.63) is 78.0 Å². The molecule has 1 saturated heterocycles. The molecular formula is C23H21F3N4O. The fourth-order valence-corrected chi connectivity index (χ4v) is 3.65. The van der Waals surface area contributed by atoms with E-state index in [0.717, 1.165) is 11.6 Å². The van der Waals surface area contributed by atoms with Crippen LogP contribution in [0.2, 0.25) is 0 Å². The number of alkyl halides is 3. The SMILES string of the molecule is O=C(Nc1cccc(C(F)(F)F)c1N1CCNCC1)c1cccc(-c2ccccn2)c1. The van der Waals surface area contributed by atoms with Gasteiger partial charge in [0.25, 0.3) is 5.91 Å². The maximum atomic E-state index is 13.7. The molecular weight excluding hydrogens is 405 g/mol. The van der Waals surface area contributed by atoms with Gasteiger partial charge in [-0.05, 0) is 36.4 Å². The lowest BCUT2D eigenvalue weighted by molar-refractivity contribution is -0.137. The van der Waals surface area contributed by atoms with Crippen molar-refractivity contribution >= 4 is 17.3 Å². The molecule has 0 bridgehead atoms. The molecule has 0 unspecified atom stereocenters. The van der Waals surface area contributed by atoms with Gasteiger partial charge < -0.3 is 15.5 Å². The number of carbonyl (C=O) groups excluding carboxylic acids is 1. The molecule has 8 heteroatoms. The minimum Gasteiger partial charge on any atom is -0.367 e. The van der Waals surface area contributed by atoms with Crippen LogP contribution < -0.4 is 15.5 Å². The molecule has 1 fully saturated rings. The second-order valence-corrected chi connectivity index (χ2v) is 7.19. The molecule has 2 heterocycles. The minimum atomic E-state index is -4.53. The van der Waals surface area contributed by atoms with Crippen LogP contribution in [0.5, 0.6) is 0 Å². The Balaban J connectivity index is 1.67. The summed E-state index contributed by atoms with van der Waals surface area (Å²) in [4.78, 5) is 18.9. The van der Waals surface area contributed by atoms with E-state index in [1.165, 1.54) is 12.1 Å². The Kier molecular flexibility index (Phi) is 5.90. The summed E-state index contributed by atoms with van der Waals surface area (Å²) in [6.07, 6.45) is -2.87. The molecule has 0 spiro atoms. The van der Waals surface area contributed by atoms with Crippen LogP contribution in [0.25, 0.3) is 11.3 Å². The van der Waals surface area contributed by atoms with Crippen molar-refractivity contribution < 1.29 is 18.0 Å². The lowest BCUT2D eigenvalue weighted by Crippen LogP contribution is -2.44. The molecule has 2 N–H and O–H groups in total. The van der Waals surface area contributed by atoms with Gasteiger partial charge in [-0.25, -0.2) is 0 Å². The largest absolute Gasteiger partial charge is 0.418 e. The van der Waals surface area contributed by atoms with E-state index in [0.29, 0.717) is 37.4 Å². The summed E-state index contributed by atoms with van der Waals surface area (Å²) in [7, 11) is 0. The lowest BCUT2D eigenvalue weighted by Gasteiger charge is -2.33. The summed E-state index contributed by atoms with van der Waals surface area (Å²) < 4.78 is 41.2. The fourth-order valence-electron chi connectivity index (χ4n) is 3.65. The van der Waals surface area contributed by atoms with E-state index < -0.39 is 17.6 Å². The van der Waals surface area contributed by atoms with Gasteiger partial charge in [0.1, 0.15) is 0 Å². The van der Waals surface area contributed by atoms with E-state index in [9.17, 15) is 18.0 Å². The number of rotatable bonds is 4. The summed E-state index contributed by atoms with van der Waals surface area (Å²) in [5, 5.41) is 5.83. The minimum absolute atomic E-state index is 0.00531. The predicted molar refractivity (Wildman–Crippen MR) is 114 cm³/mol. The fraction of sp³-hybridized carbons (Fsp3) is 0.217. The Morgan fingerprint density at radius 2 is 1.77 bits per heavy atom. The first-order valence-corrected chi connectivity index (χ1v) is 9.92. The molecule has 5 nitrogen and oxygen atoms in total. The van der Waals surface area contributed by atoms with E-state index >= 15 is 0 Å². The van der Waals surface area contributed by atoms with Crippen molar-refractivity contribution in [2.75, 3.05) is 36.4 Å². The number of para-hydroxylation sites is 1. The Morgan fingerprint density at radius 3 is 2.48 bits per heavy atom. The number of nitrogens with one attached hydrogen (secondary N) is 2.